The number of nitrogens with one attached hydrogen (secondary N) is 1. The summed E-state index contributed by atoms with van der Waals surface area (Å²) in [7, 11) is 1.69. The first-order chi connectivity index (χ1) is 12.5. The van der Waals surface area contributed by atoms with E-state index in [1.165, 1.54) is 4.57 Å². The second-order valence-corrected chi connectivity index (χ2v) is 6.37. The molecule has 5 heteroatoms. The van der Waals surface area contributed by atoms with Crippen molar-refractivity contribution in [2.24, 2.45) is 7.05 Å². The van der Waals surface area contributed by atoms with Gasteiger partial charge in [0.2, 0.25) is 0 Å². The quantitative estimate of drug-likeness (QED) is 0.764. The molecule has 26 heavy (non-hydrogen) atoms. The molecular formula is C21H23N3O2. The summed E-state index contributed by atoms with van der Waals surface area (Å²) in [4.78, 5) is 27.1. The number of amides is 2. The summed E-state index contributed by atoms with van der Waals surface area (Å²) in [5, 5.41) is 4.32. The van der Waals surface area contributed by atoms with E-state index in [1.54, 1.807) is 24.2 Å². The summed E-state index contributed by atoms with van der Waals surface area (Å²) in [5.74, 6) is 0. The summed E-state index contributed by atoms with van der Waals surface area (Å²) in [6.45, 7) is 4.65. The van der Waals surface area contributed by atoms with Gasteiger partial charge < -0.3 is 9.88 Å². The standard InChI is InChI=1S/C21H23N3O2/c1-4-13-24(19-12-8-5-9-15(19)2)21(26)22-18-14-23(3)20(25)17-11-7-6-10-16(17)18/h5-12,14H,4,13H2,1-3H3,(H,22,26). The molecule has 134 valence electrons. The van der Waals surface area contributed by atoms with Gasteiger partial charge in [0.1, 0.15) is 0 Å². The van der Waals surface area contributed by atoms with Crippen LogP contribution in [0.2, 0.25) is 0 Å². The Bertz CT molecular complexity index is 1010. The lowest BCUT2D eigenvalue weighted by molar-refractivity contribution is 0.257. The van der Waals surface area contributed by atoms with Crippen LogP contribution in [0.15, 0.2) is 59.5 Å². The van der Waals surface area contributed by atoms with Gasteiger partial charge in [0.15, 0.2) is 0 Å². The predicted molar refractivity (Wildman–Crippen MR) is 107 cm³/mol. The van der Waals surface area contributed by atoms with Crippen molar-refractivity contribution in [1.82, 2.24) is 4.57 Å². The van der Waals surface area contributed by atoms with Crippen LogP contribution in [-0.2, 0) is 7.05 Å². The molecule has 5 nitrogen and oxygen atoms in total. The van der Waals surface area contributed by atoms with Crippen LogP contribution >= 0.6 is 0 Å². The molecule has 0 saturated heterocycles. The largest absolute Gasteiger partial charge is 0.326 e. The summed E-state index contributed by atoms with van der Waals surface area (Å²) in [5.41, 5.74) is 2.48. The fourth-order valence-corrected chi connectivity index (χ4v) is 3.12. The van der Waals surface area contributed by atoms with Gasteiger partial charge in [0.05, 0.1) is 5.69 Å². The van der Waals surface area contributed by atoms with Crippen LogP contribution in [0.4, 0.5) is 16.2 Å². The maximum atomic E-state index is 13.0. The molecule has 0 aliphatic heterocycles. The van der Waals surface area contributed by atoms with Gasteiger partial charge in [-0.2, -0.15) is 0 Å². The molecule has 0 radical (unpaired) electrons. The normalized spacial score (nSPS) is 10.7. The van der Waals surface area contributed by atoms with E-state index in [-0.39, 0.29) is 11.6 Å². The van der Waals surface area contributed by atoms with E-state index in [1.807, 2.05) is 56.3 Å². The number of anilines is 2. The van der Waals surface area contributed by atoms with Crippen LogP contribution in [-0.4, -0.2) is 17.1 Å². The van der Waals surface area contributed by atoms with Gasteiger partial charge in [-0.3, -0.25) is 9.69 Å². The minimum atomic E-state index is -0.204. The monoisotopic (exact) mass is 349 g/mol. The smallest absolute Gasteiger partial charge is 0.316 e. The molecular weight excluding hydrogens is 326 g/mol. The lowest BCUT2D eigenvalue weighted by Crippen LogP contribution is -2.36. The molecule has 0 saturated carbocycles. The summed E-state index contributed by atoms with van der Waals surface area (Å²) in [6.07, 6.45) is 2.51. The lowest BCUT2D eigenvalue weighted by Gasteiger charge is -2.25. The van der Waals surface area contributed by atoms with Crippen molar-refractivity contribution in [1.29, 1.82) is 0 Å². The van der Waals surface area contributed by atoms with Crippen molar-refractivity contribution in [3.05, 3.63) is 70.6 Å². The second-order valence-electron chi connectivity index (χ2n) is 6.37. The number of nitrogens with zero attached hydrogens (tertiary/aromatic N) is 2. The molecule has 0 atom stereocenters. The van der Waals surface area contributed by atoms with E-state index in [4.69, 9.17) is 0 Å². The third kappa shape index (κ3) is 3.33. The van der Waals surface area contributed by atoms with Gasteiger partial charge in [0.25, 0.3) is 5.56 Å². The maximum Gasteiger partial charge on any atom is 0.326 e. The molecule has 3 aromatic rings. The van der Waals surface area contributed by atoms with Crippen molar-refractivity contribution >= 4 is 28.2 Å². The number of hydrogen-bond acceptors (Lipinski definition) is 2. The Hall–Kier alpha value is -3.08. The number of aromatic nitrogens is 1. The van der Waals surface area contributed by atoms with Crippen molar-refractivity contribution < 1.29 is 4.79 Å². The van der Waals surface area contributed by atoms with E-state index in [0.29, 0.717) is 17.6 Å². The molecule has 0 unspecified atom stereocenters. The summed E-state index contributed by atoms with van der Waals surface area (Å²) in [6, 6.07) is 14.9. The van der Waals surface area contributed by atoms with E-state index in [2.05, 4.69) is 5.32 Å². The zero-order valence-electron chi connectivity index (χ0n) is 15.3. The topological polar surface area (TPSA) is 54.3 Å². The van der Waals surface area contributed by atoms with Crippen LogP contribution in [0.25, 0.3) is 10.8 Å². The van der Waals surface area contributed by atoms with E-state index in [0.717, 1.165) is 23.1 Å². The molecule has 0 aliphatic carbocycles. The van der Waals surface area contributed by atoms with Gasteiger partial charge in [-0.25, -0.2) is 4.79 Å². The fraction of sp³-hybridized carbons (Fsp3) is 0.238. The maximum absolute atomic E-state index is 13.0. The van der Waals surface area contributed by atoms with Crippen LogP contribution in [0, 0.1) is 6.92 Å². The van der Waals surface area contributed by atoms with Crippen molar-refractivity contribution in [2.75, 3.05) is 16.8 Å². The average molecular weight is 349 g/mol. The Morgan fingerprint density at radius 1 is 1.08 bits per heavy atom. The Morgan fingerprint density at radius 2 is 1.73 bits per heavy atom. The third-order valence-corrected chi connectivity index (χ3v) is 4.43. The number of rotatable bonds is 4. The van der Waals surface area contributed by atoms with Crippen LogP contribution in [0.5, 0.6) is 0 Å². The number of carbonyl (C=O) groups excluding carboxylic acids is 1. The molecule has 2 aromatic carbocycles. The minimum absolute atomic E-state index is 0.0806. The molecule has 0 bridgehead atoms. The number of hydrogen-bond donors (Lipinski definition) is 1. The number of urea groups is 1. The zero-order valence-corrected chi connectivity index (χ0v) is 15.3. The van der Waals surface area contributed by atoms with Crippen molar-refractivity contribution in [2.45, 2.75) is 20.3 Å². The zero-order chi connectivity index (χ0) is 18.7. The molecule has 3 rings (SSSR count). The average Bonchev–Trinajstić information content (AvgIpc) is 2.64. The van der Waals surface area contributed by atoms with E-state index in [9.17, 15) is 9.59 Å². The number of fused-ring (bicyclic) bond motifs is 1. The first-order valence-electron chi connectivity index (χ1n) is 8.75. The van der Waals surface area contributed by atoms with Gasteiger partial charge in [0, 0.05) is 36.2 Å². The highest BCUT2D eigenvalue weighted by atomic mass is 16.2. The number of carbonyl (C=O) groups is 1. The summed E-state index contributed by atoms with van der Waals surface area (Å²) >= 11 is 0. The van der Waals surface area contributed by atoms with Crippen LogP contribution in [0.3, 0.4) is 0 Å². The lowest BCUT2D eigenvalue weighted by atomic mass is 10.1. The fourth-order valence-electron chi connectivity index (χ4n) is 3.12. The molecule has 0 fully saturated rings. The van der Waals surface area contributed by atoms with Crippen LogP contribution < -0.4 is 15.8 Å². The Kier molecular flexibility index (Phi) is 5.07. The van der Waals surface area contributed by atoms with Gasteiger partial charge in [-0.05, 0) is 31.0 Å². The van der Waals surface area contributed by atoms with Gasteiger partial charge in [-0.15, -0.1) is 0 Å². The highest BCUT2D eigenvalue weighted by molar-refractivity contribution is 6.07. The Labute approximate surface area is 152 Å². The molecule has 1 aromatic heterocycles. The first-order valence-corrected chi connectivity index (χ1v) is 8.75. The number of aryl methyl sites for hydroxylation is 2. The number of para-hydroxylation sites is 1. The molecule has 0 aliphatic rings. The molecule has 0 spiro atoms. The predicted octanol–water partition coefficient (Wildman–Crippen LogP) is 4.30. The Morgan fingerprint density at radius 3 is 2.42 bits per heavy atom. The molecule has 1 N–H and O–H groups in total. The van der Waals surface area contributed by atoms with Gasteiger partial charge in [-0.1, -0.05) is 43.3 Å². The summed E-state index contributed by atoms with van der Waals surface area (Å²) < 4.78 is 1.50. The number of pyridine rings is 1. The highest BCUT2D eigenvalue weighted by Gasteiger charge is 2.18. The first kappa shape index (κ1) is 17.7. The molecule has 2 amide bonds. The van der Waals surface area contributed by atoms with Crippen molar-refractivity contribution in [3.8, 4) is 0 Å². The third-order valence-electron chi connectivity index (χ3n) is 4.43. The van der Waals surface area contributed by atoms with Gasteiger partial charge >= 0.3 is 6.03 Å². The number of benzene rings is 2. The SMILES string of the molecule is CCCN(C(=O)Nc1cn(C)c(=O)c2ccccc12)c1ccccc1C. The highest BCUT2D eigenvalue weighted by Crippen LogP contribution is 2.24. The second kappa shape index (κ2) is 7.44. The minimum Gasteiger partial charge on any atom is -0.316 e. The van der Waals surface area contributed by atoms with E-state index >= 15 is 0 Å². The Balaban J connectivity index is 2.01. The molecule has 1 heterocycles. The van der Waals surface area contributed by atoms with Crippen molar-refractivity contribution in [3.63, 3.8) is 0 Å². The van der Waals surface area contributed by atoms with E-state index < -0.39 is 0 Å². The van der Waals surface area contributed by atoms with Crippen LogP contribution in [0.1, 0.15) is 18.9 Å².